The number of rotatable bonds is 7. The highest BCUT2D eigenvalue weighted by atomic mass is 15.3. The maximum absolute atomic E-state index is 4.75. The molecule has 0 radical (unpaired) electrons. The molecular weight excluding hydrogens is 264 g/mol. The van der Waals surface area contributed by atoms with Gasteiger partial charge in [-0.2, -0.15) is 0 Å². The summed E-state index contributed by atoms with van der Waals surface area (Å²) in [4.78, 5) is 7.13. The summed E-state index contributed by atoms with van der Waals surface area (Å²) in [5, 5.41) is 11.6. The van der Waals surface area contributed by atoms with Crippen LogP contribution < -0.4 is 5.32 Å². The van der Waals surface area contributed by atoms with Gasteiger partial charge in [-0.25, -0.2) is 0 Å². The van der Waals surface area contributed by atoms with Crippen molar-refractivity contribution in [3.8, 4) is 0 Å². The van der Waals surface area contributed by atoms with Gasteiger partial charge in [-0.15, -0.1) is 10.2 Å². The first kappa shape index (κ1) is 15.8. The van der Waals surface area contributed by atoms with Crippen molar-refractivity contribution in [1.82, 2.24) is 25.0 Å². The van der Waals surface area contributed by atoms with E-state index in [0.717, 1.165) is 57.3 Å². The molecule has 1 fully saturated rings. The molecule has 1 aromatic rings. The maximum Gasteiger partial charge on any atom is 0.193 e. The molecule has 1 aliphatic rings. The van der Waals surface area contributed by atoms with Gasteiger partial charge in [0.1, 0.15) is 12.2 Å². The largest absolute Gasteiger partial charge is 0.354 e. The minimum absolute atomic E-state index is 0.868. The maximum atomic E-state index is 4.75. The van der Waals surface area contributed by atoms with Gasteiger partial charge in [-0.1, -0.05) is 20.3 Å². The van der Waals surface area contributed by atoms with Crippen molar-refractivity contribution in [2.24, 2.45) is 4.99 Å². The third-order valence-electron chi connectivity index (χ3n) is 3.83. The lowest BCUT2D eigenvalue weighted by Crippen LogP contribution is -2.41. The van der Waals surface area contributed by atoms with Crippen LogP contribution in [0.1, 0.15) is 45.4 Å². The molecule has 1 saturated heterocycles. The average Bonchev–Trinajstić information content (AvgIpc) is 3.17. The summed E-state index contributed by atoms with van der Waals surface area (Å²) >= 11 is 0. The summed E-state index contributed by atoms with van der Waals surface area (Å²) in [6.45, 7) is 9.24. The van der Waals surface area contributed by atoms with Crippen molar-refractivity contribution in [2.45, 2.75) is 52.5 Å². The molecule has 6 nitrogen and oxygen atoms in total. The van der Waals surface area contributed by atoms with Crippen LogP contribution in [0.15, 0.2) is 11.3 Å². The number of hydrogen-bond donors (Lipinski definition) is 1. The number of nitrogens with one attached hydrogen (secondary N) is 1. The number of aromatic nitrogens is 3. The zero-order chi connectivity index (χ0) is 14.9. The van der Waals surface area contributed by atoms with E-state index < -0.39 is 0 Å². The second kappa shape index (κ2) is 8.64. The fourth-order valence-electron chi connectivity index (χ4n) is 2.57. The molecule has 0 unspecified atom stereocenters. The van der Waals surface area contributed by atoms with E-state index in [4.69, 9.17) is 4.99 Å². The fourth-order valence-corrected chi connectivity index (χ4v) is 2.57. The van der Waals surface area contributed by atoms with E-state index >= 15 is 0 Å². The summed E-state index contributed by atoms with van der Waals surface area (Å²) in [6.07, 6.45) is 7.63. The molecule has 6 heteroatoms. The predicted molar refractivity (Wildman–Crippen MR) is 85.4 cm³/mol. The number of likely N-dealkylation sites (tertiary alicyclic amines) is 1. The number of aliphatic imine (C=N–C) groups is 1. The van der Waals surface area contributed by atoms with Crippen molar-refractivity contribution in [2.75, 3.05) is 26.2 Å². The van der Waals surface area contributed by atoms with Crippen LogP contribution in [0.3, 0.4) is 0 Å². The van der Waals surface area contributed by atoms with E-state index in [1.165, 1.54) is 19.3 Å². The number of nitrogens with zero attached hydrogens (tertiary/aromatic N) is 5. The second-order valence-electron chi connectivity index (χ2n) is 5.47. The molecule has 2 rings (SSSR count). The molecule has 21 heavy (non-hydrogen) atoms. The lowest BCUT2D eigenvalue weighted by Gasteiger charge is -2.21. The summed E-state index contributed by atoms with van der Waals surface area (Å²) in [5.41, 5.74) is 0. The standard InChI is InChI=1S/C15H28N6/c1-3-5-8-16-15(20-10-6-7-11-20)17-9-12-21-13-18-19-14(21)4-2/h13H,3-12H2,1-2H3,(H,16,17). The highest BCUT2D eigenvalue weighted by molar-refractivity contribution is 5.80. The topological polar surface area (TPSA) is 58.3 Å². The van der Waals surface area contributed by atoms with Gasteiger partial charge < -0.3 is 14.8 Å². The molecule has 0 aliphatic carbocycles. The van der Waals surface area contributed by atoms with Gasteiger partial charge in [-0.05, 0) is 19.3 Å². The minimum atomic E-state index is 0.868. The highest BCUT2D eigenvalue weighted by Gasteiger charge is 2.15. The number of guanidine groups is 1. The van der Waals surface area contributed by atoms with Crippen LogP contribution in [-0.2, 0) is 13.0 Å². The third-order valence-corrected chi connectivity index (χ3v) is 3.83. The van der Waals surface area contributed by atoms with Crippen LogP contribution in [0.2, 0.25) is 0 Å². The summed E-state index contributed by atoms with van der Waals surface area (Å²) in [6, 6.07) is 0. The van der Waals surface area contributed by atoms with Gasteiger partial charge in [0.05, 0.1) is 0 Å². The summed E-state index contributed by atoms with van der Waals surface area (Å²) in [5.74, 6) is 2.12. The van der Waals surface area contributed by atoms with Crippen LogP contribution >= 0.6 is 0 Å². The Hall–Kier alpha value is -1.59. The van der Waals surface area contributed by atoms with E-state index in [-0.39, 0.29) is 0 Å². The molecule has 1 aromatic heterocycles. The van der Waals surface area contributed by atoms with E-state index in [2.05, 4.69) is 38.8 Å². The van der Waals surface area contributed by atoms with Crippen LogP contribution in [0.4, 0.5) is 0 Å². The zero-order valence-electron chi connectivity index (χ0n) is 13.4. The van der Waals surface area contributed by atoms with Crippen molar-refractivity contribution >= 4 is 5.96 Å². The van der Waals surface area contributed by atoms with Gasteiger partial charge in [0.2, 0.25) is 0 Å². The zero-order valence-corrected chi connectivity index (χ0v) is 13.4. The fraction of sp³-hybridized carbons (Fsp3) is 0.800. The number of aryl methyl sites for hydroxylation is 1. The van der Waals surface area contributed by atoms with Crippen molar-refractivity contribution < 1.29 is 0 Å². The van der Waals surface area contributed by atoms with Gasteiger partial charge >= 0.3 is 0 Å². The molecule has 1 aliphatic heterocycles. The molecule has 0 saturated carbocycles. The third kappa shape index (κ3) is 4.72. The SMILES string of the molecule is CCCCN=C(NCCn1cnnc1CC)N1CCCC1. The Balaban J connectivity index is 1.84. The normalized spacial score (nSPS) is 15.7. The first-order chi connectivity index (χ1) is 10.3. The first-order valence-corrected chi connectivity index (χ1v) is 8.25. The minimum Gasteiger partial charge on any atom is -0.354 e. The Kier molecular flexibility index (Phi) is 6.50. The summed E-state index contributed by atoms with van der Waals surface area (Å²) in [7, 11) is 0. The molecule has 0 amide bonds. The highest BCUT2D eigenvalue weighted by Crippen LogP contribution is 2.07. The van der Waals surface area contributed by atoms with Crippen molar-refractivity contribution in [3.63, 3.8) is 0 Å². The first-order valence-electron chi connectivity index (χ1n) is 8.25. The Morgan fingerprint density at radius 2 is 2.14 bits per heavy atom. The molecule has 0 aromatic carbocycles. The summed E-state index contributed by atoms with van der Waals surface area (Å²) < 4.78 is 2.11. The van der Waals surface area contributed by atoms with Crippen LogP contribution in [0.5, 0.6) is 0 Å². The molecule has 118 valence electrons. The molecule has 0 spiro atoms. The van der Waals surface area contributed by atoms with Gasteiger partial charge in [0.25, 0.3) is 0 Å². The van der Waals surface area contributed by atoms with Crippen LogP contribution in [0.25, 0.3) is 0 Å². The quantitative estimate of drug-likeness (QED) is 0.472. The predicted octanol–water partition coefficient (Wildman–Crippen LogP) is 1.68. The lowest BCUT2D eigenvalue weighted by molar-refractivity contribution is 0.485. The number of hydrogen-bond acceptors (Lipinski definition) is 3. The molecule has 1 N–H and O–H groups in total. The van der Waals surface area contributed by atoms with Crippen LogP contribution in [-0.4, -0.2) is 51.8 Å². The van der Waals surface area contributed by atoms with Crippen LogP contribution in [0, 0.1) is 0 Å². The second-order valence-corrected chi connectivity index (χ2v) is 5.47. The van der Waals surface area contributed by atoms with Crippen molar-refractivity contribution in [3.05, 3.63) is 12.2 Å². The van der Waals surface area contributed by atoms with Gasteiger partial charge in [0, 0.05) is 39.1 Å². The monoisotopic (exact) mass is 292 g/mol. The van der Waals surface area contributed by atoms with E-state index in [0.29, 0.717) is 0 Å². The Labute approximate surface area is 127 Å². The smallest absolute Gasteiger partial charge is 0.193 e. The van der Waals surface area contributed by atoms with Crippen molar-refractivity contribution in [1.29, 1.82) is 0 Å². The molecule has 2 heterocycles. The van der Waals surface area contributed by atoms with Gasteiger partial charge in [-0.3, -0.25) is 4.99 Å². The van der Waals surface area contributed by atoms with Gasteiger partial charge in [0.15, 0.2) is 5.96 Å². The van der Waals surface area contributed by atoms with E-state index in [1.807, 2.05) is 6.33 Å². The lowest BCUT2D eigenvalue weighted by atomic mass is 10.3. The van der Waals surface area contributed by atoms with E-state index in [9.17, 15) is 0 Å². The number of unbranched alkanes of at least 4 members (excludes halogenated alkanes) is 1. The average molecular weight is 292 g/mol. The van der Waals surface area contributed by atoms with E-state index in [1.54, 1.807) is 0 Å². The molecular formula is C15H28N6. The Bertz CT molecular complexity index is 433. The molecule has 0 bridgehead atoms. The Morgan fingerprint density at radius 3 is 2.86 bits per heavy atom. The molecule has 0 atom stereocenters. The Morgan fingerprint density at radius 1 is 1.33 bits per heavy atom.